The van der Waals surface area contributed by atoms with Gasteiger partial charge in [-0.15, -0.1) is 0 Å². The van der Waals surface area contributed by atoms with Crippen LogP contribution in [0.15, 0.2) is 0 Å². The monoisotopic (exact) mass is 229 g/mol. The third-order valence-electron chi connectivity index (χ3n) is 3.06. The second-order valence-electron chi connectivity index (χ2n) is 5.02. The van der Waals surface area contributed by atoms with Crippen molar-refractivity contribution in [3.8, 4) is 6.07 Å². The number of rotatable bonds is 4. The number of hydrogen-bond donors (Lipinski definition) is 0. The average Bonchev–Trinajstić information content (AvgIpc) is 2.42. The molecule has 1 saturated heterocycles. The van der Waals surface area contributed by atoms with Crippen molar-refractivity contribution < 1.29 is 8.42 Å². The van der Waals surface area contributed by atoms with E-state index in [0.29, 0.717) is 12.3 Å². The Balaban J connectivity index is 2.54. The van der Waals surface area contributed by atoms with Gasteiger partial charge in [-0.3, -0.25) is 0 Å². The van der Waals surface area contributed by atoms with E-state index in [2.05, 4.69) is 19.9 Å². The SMILES string of the molecule is CC(C)CCCC1(C#N)CCS(=O)(=O)C1. The maximum Gasteiger partial charge on any atom is 0.151 e. The lowest BCUT2D eigenvalue weighted by molar-refractivity contribution is 0.379. The number of nitrogens with zero attached hydrogens (tertiary/aromatic N) is 1. The summed E-state index contributed by atoms with van der Waals surface area (Å²) in [4.78, 5) is 0. The molecule has 1 heterocycles. The average molecular weight is 229 g/mol. The molecule has 15 heavy (non-hydrogen) atoms. The van der Waals surface area contributed by atoms with E-state index >= 15 is 0 Å². The summed E-state index contributed by atoms with van der Waals surface area (Å²) in [6.07, 6.45) is 3.30. The maximum absolute atomic E-state index is 11.4. The molecule has 0 aromatic carbocycles. The highest BCUT2D eigenvalue weighted by Crippen LogP contribution is 2.36. The molecule has 4 heteroatoms. The highest BCUT2D eigenvalue weighted by atomic mass is 32.2. The van der Waals surface area contributed by atoms with Gasteiger partial charge in [-0.25, -0.2) is 8.42 Å². The molecule has 1 atom stereocenters. The van der Waals surface area contributed by atoms with Gasteiger partial charge in [0.2, 0.25) is 0 Å². The van der Waals surface area contributed by atoms with Gasteiger partial charge in [0, 0.05) is 0 Å². The van der Waals surface area contributed by atoms with E-state index in [1.807, 2.05) is 0 Å². The van der Waals surface area contributed by atoms with Crippen molar-refractivity contribution in [2.45, 2.75) is 39.5 Å². The Labute approximate surface area is 92.4 Å². The van der Waals surface area contributed by atoms with Gasteiger partial charge in [-0.05, 0) is 18.8 Å². The smallest absolute Gasteiger partial charge is 0.151 e. The maximum atomic E-state index is 11.4. The van der Waals surface area contributed by atoms with E-state index in [9.17, 15) is 8.42 Å². The van der Waals surface area contributed by atoms with Gasteiger partial charge in [0.25, 0.3) is 0 Å². The van der Waals surface area contributed by atoms with Crippen LogP contribution < -0.4 is 0 Å². The fourth-order valence-electron chi connectivity index (χ4n) is 2.11. The van der Waals surface area contributed by atoms with Crippen LogP contribution in [0.1, 0.15) is 39.5 Å². The number of nitriles is 1. The van der Waals surface area contributed by atoms with Crippen LogP contribution in [0.5, 0.6) is 0 Å². The third kappa shape index (κ3) is 3.49. The Morgan fingerprint density at radius 3 is 2.53 bits per heavy atom. The second-order valence-corrected chi connectivity index (χ2v) is 7.20. The molecule has 86 valence electrons. The van der Waals surface area contributed by atoms with Gasteiger partial charge in [0.1, 0.15) is 0 Å². The zero-order valence-electron chi connectivity index (χ0n) is 9.49. The summed E-state index contributed by atoms with van der Waals surface area (Å²) in [5.74, 6) is 0.898. The molecule has 1 aliphatic rings. The van der Waals surface area contributed by atoms with Crippen molar-refractivity contribution in [1.82, 2.24) is 0 Å². The van der Waals surface area contributed by atoms with Crippen LogP contribution in [-0.2, 0) is 9.84 Å². The largest absolute Gasteiger partial charge is 0.229 e. The van der Waals surface area contributed by atoms with E-state index in [4.69, 9.17) is 5.26 Å². The fraction of sp³-hybridized carbons (Fsp3) is 0.909. The molecule has 1 rings (SSSR count). The van der Waals surface area contributed by atoms with Crippen LogP contribution >= 0.6 is 0 Å². The molecule has 0 spiro atoms. The van der Waals surface area contributed by atoms with Crippen molar-refractivity contribution >= 4 is 9.84 Å². The molecule has 0 bridgehead atoms. The van der Waals surface area contributed by atoms with E-state index in [1.165, 1.54) is 0 Å². The lowest BCUT2D eigenvalue weighted by Crippen LogP contribution is -2.20. The summed E-state index contributed by atoms with van der Waals surface area (Å²) in [6, 6.07) is 2.23. The van der Waals surface area contributed by atoms with E-state index in [1.54, 1.807) is 0 Å². The summed E-state index contributed by atoms with van der Waals surface area (Å²) < 4.78 is 22.7. The molecule has 0 radical (unpaired) electrons. The van der Waals surface area contributed by atoms with Gasteiger partial charge in [-0.2, -0.15) is 5.26 Å². The Hall–Kier alpha value is -0.560. The molecule has 3 nitrogen and oxygen atoms in total. The van der Waals surface area contributed by atoms with E-state index in [0.717, 1.165) is 19.3 Å². The molecular weight excluding hydrogens is 210 g/mol. The molecule has 0 aromatic heterocycles. The van der Waals surface area contributed by atoms with Crippen molar-refractivity contribution in [1.29, 1.82) is 5.26 Å². The van der Waals surface area contributed by atoms with Crippen molar-refractivity contribution in [3.05, 3.63) is 0 Å². The molecule has 1 aliphatic heterocycles. The Bertz CT molecular complexity index is 353. The van der Waals surface area contributed by atoms with Crippen molar-refractivity contribution in [3.63, 3.8) is 0 Å². The predicted molar refractivity (Wildman–Crippen MR) is 60.0 cm³/mol. The normalized spacial score (nSPS) is 29.2. The van der Waals surface area contributed by atoms with Crippen LogP contribution in [-0.4, -0.2) is 19.9 Å². The Morgan fingerprint density at radius 2 is 2.13 bits per heavy atom. The highest BCUT2D eigenvalue weighted by Gasteiger charge is 2.41. The van der Waals surface area contributed by atoms with Crippen LogP contribution in [0.3, 0.4) is 0 Å². The molecule has 0 aromatic rings. The summed E-state index contributed by atoms with van der Waals surface area (Å²) in [6.45, 7) is 4.29. The molecule has 0 amide bonds. The fourth-order valence-corrected chi connectivity index (χ4v) is 4.15. The standard InChI is InChI=1S/C11H19NO2S/c1-10(2)4-3-5-11(8-12)6-7-15(13,14)9-11/h10H,3-7,9H2,1-2H3. The van der Waals surface area contributed by atoms with Crippen LogP contribution in [0, 0.1) is 22.7 Å². The first-order chi connectivity index (χ1) is 6.89. The molecule has 1 fully saturated rings. The molecule has 1 unspecified atom stereocenters. The summed E-state index contributed by atoms with van der Waals surface area (Å²) in [5, 5.41) is 9.10. The number of sulfone groups is 1. The first-order valence-electron chi connectivity index (χ1n) is 5.51. The Morgan fingerprint density at radius 1 is 1.47 bits per heavy atom. The zero-order valence-corrected chi connectivity index (χ0v) is 10.3. The lowest BCUT2D eigenvalue weighted by Gasteiger charge is -2.18. The number of hydrogen-bond acceptors (Lipinski definition) is 3. The van der Waals surface area contributed by atoms with Crippen LogP contribution in [0.4, 0.5) is 0 Å². The lowest BCUT2D eigenvalue weighted by atomic mass is 9.83. The topological polar surface area (TPSA) is 57.9 Å². The highest BCUT2D eigenvalue weighted by molar-refractivity contribution is 7.91. The van der Waals surface area contributed by atoms with Gasteiger partial charge < -0.3 is 0 Å². The molecular formula is C11H19NO2S. The predicted octanol–water partition coefficient (Wildman–Crippen LogP) is 2.14. The third-order valence-corrected chi connectivity index (χ3v) is 4.88. The van der Waals surface area contributed by atoms with Crippen LogP contribution in [0.25, 0.3) is 0 Å². The minimum atomic E-state index is -2.94. The van der Waals surface area contributed by atoms with Crippen molar-refractivity contribution in [2.24, 2.45) is 11.3 Å². The Kier molecular flexibility index (Phi) is 3.77. The minimum absolute atomic E-state index is 0.0780. The minimum Gasteiger partial charge on any atom is -0.229 e. The van der Waals surface area contributed by atoms with Crippen molar-refractivity contribution in [2.75, 3.05) is 11.5 Å². The molecule has 0 N–H and O–H groups in total. The summed E-state index contributed by atoms with van der Waals surface area (Å²) in [7, 11) is -2.94. The molecule has 0 saturated carbocycles. The second kappa shape index (κ2) is 4.52. The van der Waals surface area contributed by atoms with Gasteiger partial charge in [0.05, 0.1) is 23.0 Å². The summed E-state index contributed by atoms with van der Waals surface area (Å²) >= 11 is 0. The summed E-state index contributed by atoms with van der Waals surface area (Å²) in [5.41, 5.74) is -0.576. The first kappa shape index (κ1) is 12.5. The van der Waals surface area contributed by atoms with Gasteiger partial charge in [-0.1, -0.05) is 26.7 Å². The van der Waals surface area contributed by atoms with Crippen LogP contribution in [0.2, 0.25) is 0 Å². The zero-order chi connectivity index (χ0) is 11.5. The van der Waals surface area contributed by atoms with E-state index in [-0.39, 0.29) is 11.5 Å². The van der Waals surface area contributed by atoms with E-state index < -0.39 is 15.3 Å². The first-order valence-corrected chi connectivity index (χ1v) is 7.33. The molecule has 0 aliphatic carbocycles. The van der Waals surface area contributed by atoms with Gasteiger partial charge >= 0.3 is 0 Å². The van der Waals surface area contributed by atoms with Gasteiger partial charge in [0.15, 0.2) is 9.84 Å². The quantitative estimate of drug-likeness (QED) is 0.742.